The van der Waals surface area contributed by atoms with Crippen molar-refractivity contribution < 1.29 is 18.6 Å². The van der Waals surface area contributed by atoms with Crippen molar-refractivity contribution in [2.24, 2.45) is 5.73 Å². The normalized spacial score (nSPS) is 16.9. The van der Waals surface area contributed by atoms with Gasteiger partial charge in [0.15, 0.2) is 0 Å². The van der Waals surface area contributed by atoms with Crippen LogP contribution in [-0.2, 0) is 18.6 Å². The molecule has 0 aliphatic heterocycles. The average Bonchev–Trinajstić information content (AvgIpc) is 2.29. The topological polar surface area (TPSA) is 94.6 Å². The Bertz CT molecular complexity index is 323. The molecule has 0 aliphatic carbocycles. The number of hydrogen-bond acceptors (Lipinski definition) is 6. The van der Waals surface area contributed by atoms with Gasteiger partial charge >= 0.3 is 0 Å². The van der Waals surface area contributed by atoms with Crippen LogP contribution in [0.4, 0.5) is 0 Å². The van der Waals surface area contributed by atoms with E-state index in [0.717, 1.165) is 0 Å². The Morgan fingerprint density at radius 1 is 1.28 bits per heavy atom. The minimum atomic E-state index is -3.34. The van der Waals surface area contributed by atoms with Gasteiger partial charge in [0.1, 0.15) is 6.04 Å². The zero-order chi connectivity index (χ0) is 14.2. The van der Waals surface area contributed by atoms with Crippen LogP contribution >= 0.6 is 7.37 Å². The fraction of sp³-hybridized carbons (Fsp3) is 0.909. The van der Waals surface area contributed by atoms with Crippen molar-refractivity contribution in [3.05, 3.63) is 0 Å². The third-order valence-electron chi connectivity index (χ3n) is 2.38. The van der Waals surface area contributed by atoms with Gasteiger partial charge in [-0.3, -0.25) is 4.57 Å². The highest BCUT2D eigenvalue weighted by Crippen LogP contribution is 2.60. The molecular weight excluding hydrogens is 255 g/mol. The Balaban J connectivity index is 5.24. The summed E-state index contributed by atoms with van der Waals surface area (Å²) >= 11 is 0. The molecule has 0 aromatic carbocycles. The SMILES string of the molecule is CCOC(C)(OCC)P(=O)(CC(N)C#N)OCC. The van der Waals surface area contributed by atoms with E-state index in [1.165, 1.54) is 0 Å². The maximum atomic E-state index is 12.9. The number of ether oxygens (including phenoxy) is 2. The molecule has 18 heavy (non-hydrogen) atoms. The number of rotatable bonds is 9. The molecule has 6 nitrogen and oxygen atoms in total. The van der Waals surface area contributed by atoms with E-state index in [1.807, 2.05) is 6.07 Å². The van der Waals surface area contributed by atoms with Crippen LogP contribution in [0, 0.1) is 11.3 Å². The second-order valence-electron chi connectivity index (χ2n) is 3.77. The maximum Gasteiger partial charge on any atom is 0.263 e. The summed E-state index contributed by atoms with van der Waals surface area (Å²) in [6.07, 6.45) is -0.0894. The van der Waals surface area contributed by atoms with Crippen molar-refractivity contribution in [1.82, 2.24) is 0 Å². The summed E-state index contributed by atoms with van der Waals surface area (Å²) in [5.41, 5.74) is 4.19. The lowest BCUT2D eigenvalue weighted by atomic mass is 10.4. The van der Waals surface area contributed by atoms with Crippen molar-refractivity contribution in [1.29, 1.82) is 5.26 Å². The molecule has 0 saturated carbocycles. The molecule has 0 amide bonds. The first-order valence-corrected chi connectivity index (χ1v) is 7.86. The molecule has 106 valence electrons. The largest absolute Gasteiger partial charge is 0.342 e. The van der Waals surface area contributed by atoms with Crippen molar-refractivity contribution >= 4 is 7.37 Å². The van der Waals surface area contributed by atoms with Crippen LogP contribution in [0.3, 0.4) is 0 Å². The molecule has 2 atom stereocenters. The zero-order valence-electron chi connectivity index (χ0n) is 11.5. The lowest BCUT2D eigenvalue weighted by molar-refractivity contribution is -0.168. The van der Waals surface area contributed by atoms with Gasteiger partial charge in [0, 0.05) is 13.2 Å². The minimum absolute atomic E-state index is 0.0894. The van der Waals surface area contributed by atoms with E-state index < -0.39 is 18.9 Å². The van der Waals surface area contributed by atoms with E-state index in [2.05, 4.69) is 0 Å². The van der Waals surface area contributed by atoms with Crippen LogP contribution in [0.25, 0.3) is 0 Å². The zero-order valence-corrected chi connectivity index (χ0v) is 12.4. The van der Waals surface area contributed by atoms with Gasteiger partial charge in [-0.05, 0) is 27.7 Å². The highest BCUT2D eigenvalue weighted by Gasteiger charge is 2.48. The summed E-state index contributed by atoms with van der Waals surface area (Å²) in [6.45, 7) is 7.74. The maximum absolute atomic E-state index is 12.9. The molecule has 0 rings (SSSR count). The van der Waals surface area contributed by atoms with Crippen molar-refractivity contribution in [3.8, 4) is 6.07 Å². The molecule has 0 radical (unpaired) electrons. The Hall–Kier alpha value is -0.440. The van der Waals surface area contributed by atoms with E-state index in [0.29, 0.717) is 13.2 Å². The second-order valence-corrected chi connectivity index (χ2v) is 6.56. The smallest absolute Gasteiger partial charge is 0.263 e. The first-order valence-electron chi connectivity index (χ1n) is 6.05. The predicted molar refractivity (Wildman–Crippen MR) is 69.3 cm³/mol. The number of nitrogens with zero attached hydrogens (tertiary/aromatic N) is 1. The Labute approximate surface area is 109 Å². The highest BCUT2D eigenvalue weighted by atomic mass is 31.2. The summed E-state index contributed by atoms with van der Waals surface area (Å²) in [6, 6.07) is 0.977. The monoisotopic (exact) mass is 278 g/mol. The lowest BCUT2D eigenvalue weighted by Gasteiger charge is -2.36. The summed E-state index contributed by atoms with van der Waals surface area (Å²) in [5, 5.41) is 8.76. The van der Waals surface area contributed by atoms with Crippen molar-refractivity contribution in [2.75, 3.05) is 26.0 Å². The fourth-order valence-corrected chi connectivity index (χ4v) is 3.96. The molecule has 0 fully saturated rings. The van der Waals surface area contributed by atoms with Crippen molar-refractivity contribution in [3.63, 3.8) is 0 Å². The minimum Gasteiger partial charge on any atom is -0.342 e. The van der Waals surface area contributed by atoms with Crippen molar-refractivity contribution in [2.45, 2.75) is 39.3 Å². The Kier molecular flexibility index (Phi) is 7.69. The molecule has 7 heteroatoms. The third-order valence-corrected chi connectivity index (χ3v) is 5.43. The lowest BCUT2D eigenvalue weighted by Crippen LogP contribution is -2.38. The molecule has 0 aromatic heterocycles. The van der Waals surface area contributed by atoms with Gasteiger partial charge in [-0.25, -0.2) is 0 Å². The molecular formula is C11H23N2O4P. The van der Waals surface area contributed by atoms with Crippen LogP contribution in [-0.4, -0.2) is 37.6 Å². The van der Waals surface area contributed by atoms with Crippen LogP contribution < -0.4 is 5.73 Å². The molecule has 0 bridgehead atoms. The molecule has 0 aliphatic rings. The fourth-order valence-electron chi connectivity index (χ4n) is 1.62. The van der Waals surface area contributed by atoms with Gasteiger partial charge in [-0.1, -0.05) is 0 Å². The standard InChI is InChI=1S/C11H23N2O4P/c1-5-15-11(4,16-6-2)18(14,17-7-3)9-10(13)8-12/h10H,5-7,9,13H2,1-4H3. The Morgan fingerprint density at radius 2 is 1.78 bits per heavy atom. The van der Waals surface area contributed by atoms with Crippen LogP contribution in [0.1, 0.15) is 27.7 Å². The molecule has 0 aromatic rings. The van der Waals surface area contributed by atoms with Gasteiger partial charge in [0.2, 0.25) is 5.53 Å². The summed E-state index contributed by atoms with van der Waals surface area (Å²) in [5.74, 6) is 0. The van der Waals surface area contributed by atoms with Gasteiger partial charge in [0.25, 0.3) is 7.37 Å². The quantitative estimate of drug-likeness (QED) is 0.511. The molecule has 0 saturated heterocycles. The van der Waals surface area contributed by atoms with Gasteiger partial charge < -0.3 is 19.7 Å². The predicted octanol–water partition coefficient (Wildman–Crippen LogP) is 1.90. The van der Waals surface area contributed by atoms with E-state index in [-0.39, 0.29) is 12.8 Å². The summed E-state index contributed by atoms with van der Waals surface area (Å²) in [4.78, 5) is 0. The van der Waals surface area contributed by atoms with Gasteiger partial charge in [-0.2, -0.15) is 5.26 Å². The van der Waals surface area contributed by atoms with Crippen LogP contribution in [0.5, 0.6) is 0 Å². The molecule has 0 spiro atoms. The molecule has 0 heterocycles. The van der Waals surface area contributed by atoms with Crippen LogP contribution in [0.15, 0.2) is 0 Å². The average molecular weight is 278 g/mol. The van der Waals surface area contributed by atoms with E-state index in [4.69, 9.17) is 25.0 Å². The second kappa shape index (κ2) is 7.88. The summed E-state index contributed by atoms with van der Waals surface area (Å²) < 4.78 is 29.1. The first kappa shape index (κ1) is 17.6. The first-order chi connectivity index (χ1) is 8.39. The van der Waals surface area contributed by atoms with E-state index in [9.17, 15) is 4.57 Å². The Morgan fingerprint density at radius 3 is 2.11 bits per heavy atom. The molecule has 2 N–H and O–H groups in total. The number of hydrogen-bond donors (Lipinski definition) is 1. The van der Waals surface area contributed by atoms with Crippen LogP contribution in [0.2, 0.25) is 0 Å². The molecule has 2 unspecified atom stereocenters. The number of nitrogens with two attached hydrogens (primary N) is 1. The summed E-state index contributed by atoms with van der Waals surface area (Å²) in [7, 11) is -3.34. The van der Waals surface area contributed by atoms with Gasteiger partial charge in [0.05, 0.1) is 18.8 Å². The number of nitriles is 1. The van der Waals surface area contributed by atoms with E-state index >= 15 is 0 Å². The third kappa shape index (κ3) is 4.34. The van der Waals surface area contributed by atoms with Gasteiger partial charge in [-0.15, -0.1) is 0 Å². The highest BCUT2D eigenvalue weighted by molar-refractivity contribution is 7.60. The van der Waals surface area contributed by atoms with E-state index in [1.54, 1.807) is 27.7 Å².